The van der Waals surface area contributed by atoms with Crippen molar-refractivity contribution < 1.29 is 19.7 Å². The number of aliphatic hydroxyl groups excluding tert-OH is 2. The third kappa shape index (κ3) is 7.55. The van der Waals surface area contributed by atoms with E-state index in [9.17, 15) is 5.11 Å². The standard InChI is InChI=1S/C19H27N3O4/c1-25-19(15-26-14-18(24)13-23)12-22(10-16-6-2-4-8-20-16)11-17-7-3-5-9-21-17/h2-9,18-19,23-24H,10-15H2,1H3. The van der Waals surface area contributed by atoms with Crippen LogP contribution in [0.25, 0.3) is 0 Å². The van der Waals surface area contributed by atoms with Crippen LogP contribution in [0.3, 0.4) is 0 Å². The monoisotopic (exact) mass is 361 g/mol. The summed E-state index contributed by atoms with van der Waals surface area (Å²) in [5.41, 5.74) is 1.94. The highest BCUT2D eigenvalue weighted by Crippen LogP contribution is 2.09. The average molecular weight is 361 g/mol. The second-order valence-corrected chi connectivity index (χ2v) is 6.04. The van der Waals surface area contributed by atoms with Crippen LogP contribution in [0.1, 0.15) is 11.4 Å². The third-order valence-electron chi connectivity index (χ3n) is 3.84. The average Bonchev–Trinajstić information content (AvgIpc) is 2.68. The Kier molecular flexibility index (Phi) is 9.16. The van der Waals surface area contributed by atoms with Crippen molar-refractivity contribution in [2.24, 2.45) is 0 Å². The zero-order valence-electron chi connectivity index (χ0n) is 15.1. The Morgan fingerprint density at radius 2 is 1.62 bits per heavy atom. The number of nitrogens with zero attached hydrogens (tertiary/aromatic N) is 3. The summed E-state index contributed by atoms with van der Waals surface area (Å²) < 4.78 is 11.0. The molecule has 2 aromatic heterocycles. The number of aliphatic hydroxyl groups is 2. The minimum absolute atomic E-state index is 0.0802. The number of hydrogen-bond acceptors (Lipinski definition) is 7. The highest BCUT2D eigenvalue weighted by atomic mass is 16.5. The molecular formula is C19H27N3O4. The third-order valence-corrected chi connectivity index (χ3v) is 3.84. The second kappa shape index (κ2) is 11.7. The van der Waals surface area contributed by atoms with Gasteiger partial charge in [0.2, 0.25) is 0 Å². The molecule has 0 aromatic carbocycles. The predicted octanol–water partition coefficient (Wildman–Crippen LogP) is 0.864. The summed E-state index contributed by atoms with van der Waals surface area (Å²) in [6.07, 6.45) is 2.52. The van der Waals surface area contributed by atoms with Gasteiger partial charge < -0.3 is 19.7 Å². The lowest BCUT2D eigenvalue weighted by Crippen LogP contribution is -2.36. The lowest BCUT2D eigenvalue weighted by molar-refractivity contribution is -0.0457. The van der Waals surface area contributed by atoms with Gasteiger partial charge in [-0.05, 0) is 24.3 Å². The Balaban J connectivity index is 1.97. The smallest absolute Gasteiger partial charge is 0.100 e. The van der Waals surface area contributed by atoms with Gasteiger partial charge in [0.05, 0.1) is 37.3 Å². The van der Waals surface area contributed by atoms with Gasteiger partial charge in [0.1, 0.15) is 6.10 Å². The predicted molar refractivity (Wildman–Crippen MR) is 97.3 cm³/mol. The van der Waals surface area contributed by atoms with E-state index in [0.717, 1.165) is 11.4 Å². The lowest BCUT2D eigenvalue weighted by atomic mass is 10.2. The lowest BCUT2D eigenvalue weighted by Gasteiger charge is -2.26. The first-order valence-corrected chi connectivity index (χ1v) is 8.63. The second-order valence-electron chi connectivity index (χ2n) is 6.04. The molecule has 0 radical (unpaired) electrons. The van der Waals surface area contributed by atoms with Crippen molar-refractivity contribution in [2.75, 3.05) is 33.5 Å². The van der Waals surface area contributed by atoms with Crippen LogP contribution in [0, 0.1) is 0 Å². The van der Waals surface area contributed by atoms with Gasteiger partial charge in [0.25, 0.3) is 0 Å². The Hall–Kier alpha value is -1.90. The maximum Gasteiger partial charge on any atom is 0.100 e. The molecule has 7 nitrogen and oxygen atoms in total. The first-order valence-electron chi connectivity index (χ1n) is 8.63. The SMILES string of the molecule is COC(COCC(O)CO)CN(Cc1ccccn1)Cc1ccccn1. The molecule has 2 heterocycles. The fourth-order valence-corrected chi connectivity index (χ4v) is 2.50. The van der Waals surface area contributed by atoms with E-state index in [-0.39, 0.29) is 19.3 Å². The maximum atomic E-state index is 9.37. The van der Waals surface area contributed by atoms with E-state index >= 15 is 0 Å². The largest absolute Gasteiger partial charge is 0.394 e. The summed E-state index contributed by atoms with van der Waals surface area (Å²) in [6.45, 7) is 2.04. The molecule has 0 fully saturated rings. The molecule has 2 unspecified atom stereocenters. The van der Waals surface area contributed by atoms with Crippen molar-refractivity contribution in [3.05, 3.63) is 60.2 Å². The first-order chi connectivity index (χ1) is 12.7. The van der Waals surface area contributed by atoms with Crippen molar-refractivity contribution in [1.29, 1.82) is 0 Å². The molecule has 142 valence electrons. The molecule has 7 heteroatoms. The molecule has 0 aliphatic rings. The fourth-order valence-electron chi connectivity index (χ4n) is 2.50. The van der Waals surface area contributed by atoms with Crippen LogP contribution in [0.2, 0.25) is 0 Å². The van der Waals surface area contributed by atoms with Crippen molar-refractivity contribution in [3.63, 3.8) is 0 Å². The van der Waals surface area contributed by atoms with Crippen molar-refractivity contribution in [3.8, 4) is 0 Å². The van der Waals surface area contributed by atoms with Crippen LogP contribution in [0.15, 0.2) is 48.8 Å². The van der Waals surface area contributed by atoms with E-state index in [1.165, 1.54) is 0 Å². The number of hydrogen-bond donors (Lipinski definition) is 2. The van der Waals surface area contributed by atoms with Gasteiger partial charge in [-0.2, -0.15) is 0 Å². The van der Waals surface area contributed by atoms with Crippen molar-refractivity contribution >= 4 is 0 Å². The van der Waals surface area contributed by atoms with Crippen LogP contribution < -0.4 is 0 Å². The zero-order valence-corrected chi connectivity index (χ0v) is 15.1. The zero-order chi connectivity index (χ0) is 18.6. The quantitative estimate of drug-likeness (QED) is 0.580. The van der Waals surface area contributed by atoms with Crippen LogP contribution in [0.4, 0.5) is 0 Å². The molecule has 0 saturated carbocycles. The minimum Gasteiger partial charge on any atom is -0.394 e. The summed E-state index contributed by atoms with van der Waals surface area (Å²) >= 11 is 0. The number of ether oxygens (including phenoxy) is 2. The number of aromatic nitrogens is 2. The molecule has 2 atom stereocenters. The summed E-state index contributed by atoms with van der Waals surface area (Å²) in [6, 6.07) is 11.7. The molecule has 0 aliphatic heterocycles. The first kappa shape index (κ1) is 20.4. The van der Waals surface area contributed by atoms with Crippen LogP contribution in [0.5, 0.6) is 0 Å². The number of methoxy groups -OCH3 is 1. The molecule has 2 aromatic rings. The Bertz CT molecular complexity index is 559. The van der Waals surface area contributed by atoms with E-state index < -0.39 is 6.10 Å². The minimum atomic E-state index is -0.870. The molecule has 0 saturated heterocycles. The van der Waals surface area contributed by atoms with Crippen LogP contribution in [-0.2, 0) is 22.6 Å². The Morgan fingerprint density at radius 3 is 2.08 bits per heavy atom. The van der Waals surface area contributed by atoms with E-state index in [2.05, 4.69) is 14.9 Å². The fraction of sp³-hybridized carbons (Fsp3) is 0.474. The molecule has 0 amide bonds. The van der Waals surface area contributed by atoms with E-state index in [0.29, 0.717) is 26.2 Å². The van der Waals surface area contributed by atoms with Gasteiger partial charge >= 0.3 is 0 Å². The van der Waals surface area contributed by atoms with E-state index in [1.807, 2.05) is 36.4 Å². The van der Waals surface area contributed by atoms with E-state index in [1.54, 1.807) is 19.5 Å². The van der Waals surface area contributed by atoms with Gasteiger partial charge in [0.15, 0.2) is 0 Å². The summed E-state index contributed by atoms with van der Waals surface area (Å²) in [5, 5.41) is 18.2. The van der Waals surface area contributed by atoms with Gasteiger partial charge in [-0.25, -0.2) is 0 Å². The maximum absolute atomic E-state index is 9.37. The number of pyridine rings is 2. The molecule has 2 rings (SSSR count). The highest BCUT2D eigenvalue weighted by molar-refractivity contribution is 5.06. The van der Waals surface area contributed by atoms with Gasteiger partial charge in [-0.1, -0.05) is 12.1 Å². The summed E-state index contributed by atoms with van der Waals surface area (Å²) in [4.78, 5) is 11.0. The summed E-state index contributed by atoms with van der Waals surface area (Å²) in [5.74, 6) is 0. The van der Waals surface area contributed by atoms with Gasteiger partial charge in [-0.15, -0.1) is 0 Å². The van der Waals surface area contributed by atoms with Crippen LogP contribution in [-0.4, -0.2) is 70.8 Å². The number of rotatable bonds is 12. The molecule has 26 heavy (non-hydrogen) atoms. The molecule has 2 N–H and O–H groups in total. The molecule has 0 aliphatic carbocycles. The topological polar surface area (TPSA) is 87.9 Å². The van der Waals surface area contributed by atoms with Gasteiger partial charge in [-0.3, -0.25) is 14.9 Å². The molecule has 0 spiro atoms. The highest BCUT2D eigenvalue weighted by Gasteiger charge is 2.16. The van der Waals surface area contributed by atoms with Gasteiger partial charge in [0, 0.05) is 39.1 Å². The molecule has 0 bridgehead atoms. The van der Waals surface area contributed by atoms with Crippen LogP contribution >= 0.6 is 0 Å². The van der Waals surface area contributed by atoms with E-state index in [4.69, 9.17) is 14.6 Å². The molecular weight excluding hydrogens is 334 g/mol. The van der Waals surface area contributed by atoms with Crippen molar-refractivity contribution in [2.45, 2.75) is 25.3 Å². The Labute approximate surface area is 154 Å². The normalized spacial score (nSPS) is 13.7. The Morgan fingerprint density at radius 1 is 1.00 bits per heavy atom. The van der Waals surface area contributed by atoms with Crippen molar-refractivity contribution in [1.82, 2.24) is 14.9 Å². The summed E-state index contributed by atoms with van der Waals surface area (Å²) in [7, 11) is 1.64.